The van der Waals surface area contributed by atoms with E-state index in [0.717, 1.165) is 29.4 Å². The first-order valence-corrected chi connectivity index (χ1v) is 11.2. The summed E-state index contributed by atoms with van der Waals surface area (Å²) in [5.41, 5.74) is 2.94. The molecule has 4 rings (SSSR count). The lowest BCUT2D eigenvalue weighted by molar-refractivity contribution is -0.124. The molecule has 9 heteroatoms. The quantitative estimate of drug-likeness (QED) is 0.554. The number of aromatic nitrogens is 2. The number of rotatable bonds is 7. The van der Waals surface area contributed by atoms with Crippen molar-refractivity contribution in [2.24, 2.45) is 5.92 Å². The Hall–Kier alpha value is -3.75. The zero-order chi connectivity index (χ0) is 24.4. The van der Waals surface area contributed by atoms with E-state index >= 15 is 0 Å². The van der Waals surface area contributed by atoms with Crippen molar-refractivity contribution < 1.29 is 23.8 Å². The van der Waals surface area contributed by atoms with Crippen LogP contribution >= 0.6 is 0 Å². The third kappa shape index (κ3) is 4.02. The van der Waals surface area contributed by atoms with Gasteiger partial charge in [-0.1, -0.05) is 0 Å². The Morgan fingerprint density at radius 1 is 0.971 bits per heavy atom. The Kier molecular flexibility index (Phi) is 6.63. The second-order valence-electron chi connectivity index (χ2n) is 8.28. The van der Waals surface area contributed by atoms with Crippen LogP contribution in [0, 0.1) is 5.92 Å². The fraction of sp³-hybridized carbons (Fsp3) is 0.400. The van der Waals surface area contributed by atoms with Crippen molar-refractivity contribution in [1.29, 1.82) is 0 Å². The molecule has 1 aliphatic carbocycles. The number of hydrogen-bond acceptors (Lipinski definition) is 6. The average Bonchev–Trinajstić information content (AvgIpc) is 3.51. The van der Waals surface area contributed by atoms with Crippen LogP contribution in [-0.4, -0.2) is 56.8 Å². The molecule has 3 aromatic rings. The SMILES string of the molecule is CNC(=O)c1ccc2nc(-c3cc(OC)c(OC)c(OC)c3)n([C@@H]3CC[C@@H](C(=O)NC)C3)c2c1. The molecule has 180 valence electrons. The highest BCUT2D eigenvalue weighted by Crippen LogP contribution is 2.44. The molecule has 0 unspecified atom stereocenters. The number of carbonyl (C=O) groups is 2. The molecule has 1 saturated carbocycles. The summed E-state index contributed by atoms with van der Waals surface area (Å²) in [5.74, 6) is 2.07. The van der Waals surface area contributed by atoms with Crippen molar-refractivity contribution in [3.8, 4) is 28.6 Å². The maximum absolute atomic E-state index is 12.3. The summed E-state index contributed by atoms with van der Waals surface area (Å²) in [6, 6.07) is 9.24. The van der Waals surface area contributed by atoms with Crippen LogP contribution in [0.2, 0.25) is 0 Å². The van der Waals surface area contributed by atoms with E-state index in [0.29, 0.717) is 35.1 Å². The van der Waals surface area contributed by atoms with Crippen molar-refractivity contribution in [2.75, 3.05) is 35.4 Å². The molecule has 2 aromatic carbocycles. The van der Waals surface area contributed by atoms with Gasteiger partial charge in [0.2, 0.25) is 11.7 Å². The van der Waals surface area contributed by atoms with Crippen LogP contribution in [0.4, 0.5) is 0 Å². The van der Waals surface area contributed by atoms with E-state index < -0.39 is 0 Å². The second-order valence-corrected chi connectivity index (χ2v) is 8.28. The van der Waals surface area contributed by atoms with Crippen LogP contribution in [0.5, 0.6) is 17.2 Å². The molecular formula is C25H30N4O5. The van der Waals surface area contributed by atoms with Gasteiger partial charge in [0.05, 0.1) is 32.4 Å². The molecule has 1 heterocycles. The largest absolute Gasteiger partial charge is 0.493 e. The van der Waals surface area contributed by atoms with Gasteiger partial charge in [-0.2, -0.15) is 0 Å². The Morgan fingerprint density at radius 2 is 1.68 bits per heavy atom. The van der Waals surface area contributed by atoms with E-state index in [4.69, 9.17) is 19.2 Å². The molecule has 2 amide bonds. The summed E-state index contributed by atoms with van der Waals surface area (Å²) in [6.07, 6.45) is 2.30. The van der Waals surface area contributed by atoms with Crippen LogP contribution in [0.25, 0.3) is 22.4 Å². The second kappa shape index (κ2) is 9.62. The van der Waals surface area contributed by atoms with E-state index in [1.165, 1.54) is 0 Å². The van der Waals surface area contributed by atoms with Crippen molar-refractivity contribution in [1.82, 2.24) is 20.2 Å². The first-order valence-electron chi connectivity index (χ1n) is 11.2. The molecule has 1 aromatic heterocycles. The Morgan fingerprint density at radius 3 is 2.26 bits per heavy atom. The van der Waals surface area contributed by atoms with Gasteiger partial charge in [0, 0.05) is 37.2 Å². The molecule has 0 bridgehead atoms. The standard InChI is InChI=1S/C25H30N4O5/c1-26-24(30)14-6-8-17(10-14)29-19-11-15(25(31)27-2)7-9-18(19)28-23(29)16-12-20(32-3)22(34-5)21(13-16)33-4/h7,9,11-14,17H,6,8,10H2,1-5H3,(H,26,30)(H,27,31)/t14-,17-/m1/s1. The number of imidazole rings is 1. The minimum atomic E-state index is -0.168. The number of nitrogens with one attached hydrogen (secondary N) is 2. The van der Waals surface area contributed by atoms with Gasteiger partial charge in [0.25, 0.3) is 5.91 Å². The van der Waals surface area contributed by atoms with Gasteiger partial charge in [0.1, 0.15) is 5.82 Å². The van der Waals surface area contributed by atoms with Crippen LogP contribution in [0.1, 0.15) is 35.7 Å². The van der Waals surface area contributed by atoms with Gasteiger partial charge < -0.3 is 29.4 Å². The zero-order valence-electron chi connectivity index (χ0n) is 20.1. The number of nitrogens with zero attached hydrogens (tertiary/aromatic N) is 2. The molecule has 0 aliphatic heterocycles. The maximum atomic E-state index is 12.3. The third-order valence-corrected chi connectivity index (χ3v) is 6.49. The van der Waals surface area contributed by atoms with E-state index in [1.807, 2.05) is 24.3 Å². The van der Waals surface area contributed by atoms with Crippen molar-refractivity contribution in [3.05, 3.63) is 35.9 Å². The topological polar surface area (TPSA) is 104 Å². The van der Waals surface area contributed by atoms with Crippen molar-refractivity contribution in [3.63, 3.8) is 0 Å². The van der Waals surface area contributed by atoms with Gasteiger partial charge in [-0.3, -0.25) is 9.59 Å². The summed E-state index contributed by atoms with van der Waals surface area (Å²) >= 11 is 0. The maximum Gasteiger partial charge on any atom is 0.251 e. The van der Waals surface area contributed by atoms with Gasteiger partial charge in [-0.25, -0.2) is 4.98 Å². The Bertz CT molecular complexity index is 1210. The van der Waals surface area contributed by atoms with Crippen molar-refractivity contribution in [2.45, 2.75) is 25.3 Å². The first kappa shape index (κ1) is 23.4. The van der Waals surface area contributed by atoms with E-state index in [9.17, 15) is 9.59 Å². The molecular weight excluding hydrogens is 436 g/mol. The molecule has 34 heavy (non-hydrogen) atoms. The summed E-state index contributed by atoms with van der Waals surface area (Å²) in [5, 5.41) is 5.44. The molecule has 0 radical (unpaired) electrons. The lowest BCUT2D eigenvalue weighted by Crippen LogP contribution is -2.25. The van der Waals surface area contributed by atoms with Crippen LogP contribution < -0.4 is 24.8 Å². The number of carbonyl (C=O) groups excluding carboxylic acids is 2. The predicted molar refractivity (Wildman–Crippen MR) is 129 cm³/mol. The van der Waals surface area contributed by atoms with E-state index in [2.05, 4.69) is 15.2 Å². The fourth-order valence-corrected chi connectivity index (χ4v) is 4.80. The van der Waals surface area contributed by atoms with Crippen LogP contribution in [0.15, 0.2) is 30.3 Å². The number of ether oxygens (including phenoxy) is 3. The highest BCUT2D eigenvalue weighted by Gasteiger charge is 2.33. The lowest BCUT2D eigenvalue weighted by Gasteiger charge is -2.19. The molecule has 9 nitrogen and oxygen atoms in total. The number of methoxy groups -OCH3 is 3. The van der Waals surface area contributed by atoms with Crippen LogP contribution in [-0.2, 0) is 4.79 Å². The average molecular weight is 467 g/mol. The lowest BCUT2D eigenvalue weighted by atomic mass is 10.1. The van der Waals surface area contributed by atoms with Gasteiger partial charge in [-0.15, -0.1) is 0 Å². The summed E-state index contributed by atoms with van der Waals surface area (Å²) in [4.78, 5) is 29.6. The van der Waals surface area contributed by atoms with Gasteiger partial charge in [0.15, 0.2) is 11.5 Å². The number of hydrogen-bond donors (Lipinski definition) is 2. The van der Waals surface area contributed by atoms with E-state index in [1.54, 1.807) is 41.5 Å². The van der Waals surface area contributed by atoms with Crippen molar-refractivity contribution >= 4 is 22.8 Å². The normalized spacial score (nSPS) is 17.4. The molecule has 0 saturated heterocycles. The highest BCUT2D eigenvalue weighted by molar-refractivity contribution is 5.97. The van der Waals surface area contributed by atoms with E-state index in [-0.39, 0.29) is 23.8 Å². The molecule has 0 spiro atoms. The molecule has 2 atom stereocenters. The fourth-order valence-electron chi connectivity index (χ4n) is 4.80. The Labute approximate surface area is 198 Å². The van der Waals surface area contributed by atoms with Gasteiger partial charge >= 0.3 is 0 Å². The predicted octanol–water partition coefficient (Wildman–Crippen LogP) is 3.18. The number of benzene rings is 2. The molecule has 1 fully saturated rings. The summed E-state index contributed by atoms with van der Waals surface area (Å²) < 4.78 is 18.7. The smallest absolute Gasteiger partial charge is 0.251 e. The first-order chi connectivity index (χ1) is 16.4. The zero-order valence-corrected chi connectivity index (χ0v) is 20.1. The summed E-state index contributed by atoms with van der Waals surface area (Å²) in [7, 11) is 7.98. The number of amides is 2. The minimum Gasteiger partial charge on any atom is -0.493 e. The minimum absolute atomic E-state index is 0.0429. The molecule has 2 N–H and O–H groups in total. The highest BCUT2D eigenvalue weighted by atomic mass is 16.5. The third-order valence-electron chi connectivity index (χ3n) is 6.49. The molecule has 1 aliphatic rings. The van der Waals surface area contributed by atoms with Crippen LogP contribution in [0.3, 0.4) is 0 Å². The summed E-state index contributed by atoms with van der Waals surface area (Å²) in [6.45, 7) is 0. The Balaban J connectivity index is 1.93. The van der Waals surface area contributed by atoms with Gasteiger partial charge in [-0.05, 0) is 49.6 Å². The monoisotopic (exact) mass is 466 g/mol. The number of fused-ring (bicyclic) bond motifs is 1.